The number of halogens is 2. The van der Waals surface area contributed by atoms with E-state index in [0.29, 0.717) is 12.6 Å². The zero-order valence-electron chi connectivity index (χ0n) is 11.2. The summed E-state index contributed by atoms with van der Waals surface area (Å²) in [4.78, 5) is 0. The lowest BCUT2D eigenvalue weighted by atomic mass is 10.3. The Bertz CT molecular complexity index is 573. The molecule has 0 atom stereocenters. The lowest BCUT2D eigenvalue weighted by Gasteiger charge is -2.08. The van der Waals surface area contributed by atoms with Crippen LogP contribution in [0, 0.1) is 11.6 Å². The zero-order chi connectivity index (χ0) is 14.5. The predicted octanol–water partition coefficient (Wildman–Crippen LogP) is 3.05. The molecule has 1 aromatic carbocycles. The fourth-order valence-corrected chi connectivity index (χ4v) is 1.48. The highest BCUT2D eigenvalue weighted by molar-refractivity contribution is 5.29. The van der Waals surface area contributed by atoms with Crippen LogP contribution in [0.3, 0.4) is 0 Å². The van der Waals surface area contributed by atoms with E-state index in [4.69, 9.17) is 4.74 Å². The number of hydrogen-bond donors (Lipinski definition) is 1. The number of nitrogens with one attached hydrogen (secondary N) is 1. The Morgan fingerprint density at radius 2 is 1.95 bits per heavy atom. The smallest absolute Gasteiger partial charge is 0.239 e. The van der Waals surface area contributed by atoms with E-state index >= 15 is 0 Å². The average molecular weight is 279 g/mol. The Morgan fingerprint density at radius 1 is 1.15 bits per heavy atom. The second kappa shape index (κ2) is 6.38. The molecule has 0 fully saturated rings. The Balaban J connectivity index is 2.05. The number of ether oxygens (including phenoxy) is 1. The second-order valence-corrected chi connectivity index (χ2v) is 4.55. The van der Waals surface area contributed by atoms with Crippen molar-refractivity contribution in [3.8, 4) is 11.6 Å². The third-order valence-corrected chi connectivity index (χ3v) is 2.52. The van der Waals surface area contributed by atoms with Gasteiger partial charge in [0.15, 0.2) is 11.6 Å². The molecule has 1 aromatic heterocycles. The third-order valence-electron chi connectivity index (χ3n) is 2.52. The molecule has 0 saturated heterocycles. The van der Waals surface area contributed by atoms with E-state index in [1.165, 1.54) is 12.1 Å². The summed E-state index contributed by atoms with van der Waals surface area (Å²) in [6.45, 7) is 4.63. The fourth-order valence-electron chi connectivity index (χ4n) is 1.48. The van der Waals surface area contributed by atoms with Crippen LogP contribution >= 0.6 is 0 Å². The third kappa shape index (κ3) is 3.71. The first-order valence-electron chi connectivity index (χ1n) is 6.24. The van der Waals surface area contributed by atoms with Crippen molar-refractivity contribution in [1.29, 1.82) is 0 Å². The lowest BCUT2D eigenvalue weighted by molar-refractivity contribution is 0.400. The Morgan fingerprint density at radius 3 is 2.60 bits per heavy atom. The van der Waals surface area contributed by atoms with Gasteiger partial charge in [-0.05, 0) is 18.2 Å². The van der Waals surface area contributed by atoms with Crippen LogP contribution in [0.5, 0.6) is 11.6 Å². The summed E-state index contributed by atoms with van der Waals surface area (Å²) in [7, 11) is 0. The molecule has 0 amide bonds. The minimum absolute atomic E-state index is 0.114. The summed E-state index contributed by atoms with van der Waals surface area (Å²) in [6, 6.07) is 7.34. The molecule has 0 unspecified atom stereocenters. The first-order chi connectivity index (χ1) is 9.56. The Hall–Kier alpha value is -2.08. The summed E-state index contributed by atoms with van der Waals surface area (Å²) in [6.07, 6.45) is 0. The van der Waals surface area contributed by atoms with Gasteiger partial charge in [0.2, 0.25) is 11.7 Å². The maximum atomic E-state index is 13.4. The predicted molar refractivity (Wildman–Crippen MR) is 70.4 cm³/mol. The summed E-state index contributed by atoms with van der Waals surface area (Å²) >= 11 is 0. The largest absolute Gasteiger partial charge is 0.434 e. The molecule has 0 radical (unpaired) electrons. The molecule has 106 valence electrons. The monoisotopic (exact) mass is 279 g/mol. The van der Waals surface area contributed by atoms with E-state index in [1.54, 1.807) is 12.1 Å². The summed E-state index contributed by atoms with van der Waals surface area (Å²) in [5.74, 6) is -2.11. The van der Waals surface area contributed by atoms with Crippen LogP contribution < -0.4 is 10.1 Å². The first-order valence-corrected chi connectivity index (χ1v) is 6.24. The molecule has 1 heterocycles. The highest BCUT2D eigenvalue weighted by atomic mass is 19.2. The number of hydrogen-bond acceptors (Lipinski definition) is 4. The van der Waals surface area contributed by atoms with E-state index in [9.17, 15) is 8.78 Å². The van der Waals surface area contributed by atoms with Gasteiger partial charge in [0, 0.05) is 18.7 Å². The highest BCUT2D eigenvalue weighted by Crippen LogP contribution is 2.23. The van der Waals surface area contributed by atoms with Crippen molar-refractivity contribution in [1.82, 2.24) is 15.5 Å². The lowest BCUT2D eigenvalue weighted by Crippen LogP contribution is -2.22. The van der Waals surface area contributed by atoms with Gasteiger partial charge in [-0.1, -0.05) is 19.9 Å². The van der Waals surface area contributed by atoms with Gasteiger partial charge in [-0.2, -0.15) is 9.49 Å². The van der Waals surface area contributed by atoms with E-state index in [0.717, 1.165) is 11.8 Å². The summed E-state index contributed by atoms with van der Waals surface area (Å²) in [5.41, 5.74) is 0.741. The van der Waals surface area contributed by atoms with Crippen molar-refractivity contribution in [2.45, 2.75) is 26.4 Å². The maximum Gasteiger partial charge on any atom is 0.239 e. The van der Waals surface area contributed by atoms with Crippen LogP contribution in [-0.4, -0.2) is 16.2 Å². The van der Waals surface area contributed by atoms with Gasteiger partial charge in [0.1, 0.15) is 0 Å². The number of aromatic nitrogens is 2. The van der Waals surface area contributed by atoms with Crippen LogP contribution in [-0.2, 0) is 6.54 Å². The molecular weight excluding hydrogens is 264 g/mol. The molecule has 0 aliphatic heterocycles. The number of benzene rings is 1. The van der Waals surface area contributed by atoms with Crippen molar-refractivity contribution in [3.63, 3.8) is 0 Å². The Labute approximate surface area is 115 Å². The van der Waals surface area contributed by atoms with Crippen LogP contribution in [0.25, 0.3) is 0 Å². The minimum Gasteiger partial charge on any atom is -0.434 e. The maximum absolute atomic E-state index is 13.4. The molecule has 20 heavy (non-hydrogen) atoms. The average Bonchev–Trinajstić information content (AvgIpc) is 2.43. The molecule has 0 aliphatic rings. The van der Waals surface area contributed by atoms with Crippen LogP contribution in [0.15, 0.2) is 30.3 Å². The molecular formula is C14H15F2N3O. The standard InChI is InChI=1S/C14H15F2N3O/c1-9(2)17-8-10-6-7-13(19-18-10)20-12-5-3-4-11(15)14(12)16/h3-7,9,17H,8H2,1-2H3. The molecule has 0 saturated carbocycles. The molecule has 2 aromatic rings. The SMILES string of the molecule is CC(C)NCc1ccc(Oc2cccc(F)c2F)nn1. The summed E-state index contributed by atoms with van der Waals surface area (Å²) < 4.78 is 31.6. The molecule has 4 nitrogen and oxygen atoms in total. The van der Waals surface area contributed by atoms with Gasteiger partial charge in [0.05, 0.1) is 5.69 Å². The van der Waals surface area contributed by atoms with Gasteiger partial charge in [-0.25, -0.2) is 4.39 Å². The van der Waals surface area contributed by atoms with Gasteiger partial charge in [0.25, 0.3) is 0 Å². The van der Waals surface area contributed by atoms with Gasteiger partial charge >= 0.3 is 0 Å². The van der Waals surface area contributed by atoms with Crippen molar-refractivity contribution >= 4 is 0 Å². The van der Waals surface area contributed by atoms with Crippen molar-refractivity contribution < 1.29 is 13.5 Å². The normalized spacial score (nSPS) is 10.8. The van der Waals surface area contributed by atoms with E-state index in [1.807, 2.05) is 13.8 Å². The van der Waals surface area contributed by atoms with Crippen molar-refractivity contribution in [3.05, 3.63) is 47.7 Å². The highest BCUT2D eigenvalue weighted by Gasteiger charge is 2.10. The molecule has 6 heteroatoms. The van der Waals surface area contributed by atoms with Crippen molar-refractivity contribution in [2.24, 2.45) is 0 Å². The van der Waals surface area contributed by atoms with Crippen molar-refractivity contribution in [2.75, 3.05) is 0 Å². The second-order valence-electron chi connectivity index (χ2n) is 4.55. The molecule has 2 rings (SSSR count). The number of nitrogens with zero attached hydrogens (tertiary/aromatic N) is 2. The van der Waals surface area contributed by atoms with Gasteiger partial charge in [-0.3, -0.25) is 0 Å². The first kappa shape index (κ1) is 14.3. The molecule has 1 N–H and O–H groups in total. The zero-order valence-corrected chi connectivity index (χ0v) is 11.2. The van der Waals surface area contributed by atoms with E-state index in [2.05, 4.69) is 15.5 Å². The van der Waals surface area contributed by atoms with Gasteiger partial charge < -0.3 is 10.1 Å². The topological polar surface area (TPSA) is 47.0 Å². The minimum atomic E-state index is -1.04. The quantitative estimate of drug-likeness (QED) is 0.913. The van der Waals surface area contributed by atoms with Crippen LogP contribution in [0.4, 0.5) is 8.78 Å². The molecule has 0 bridgehead atoms. The molecule has 0 aliphatic carbocycles. The van der Waals surface area contributed by atoms with E-state index < -0.39 is 11.6 Å². The van der Waals surface area contributed by atoms with Crippen LogP contribution in [0.2, 0.25) is 0 Å². The Kier molecular flexibility index (Phi) is 4.57. The number of rotatable bonds is 5. The molecule has 0 spiro atoms. The van der Waals surface area contributed by atoms with E-state index in [-0.39, 0.29) is 11.6 Å². The fraction of sp³-hybridized carbons (Fsp3) is 0.286. The summed E-state index contributed by atoms with van der Waals surface area (Å²) in [5, 5.41) is 11.0. The van der Waals surface area contributed by atoms with Crippen LogP contribution in [0.1, 0.15) is 19.5 Å². The van der Waals surface area contributed by atoms with Gasteiger partial charge in [-0.15, -0.1) is 5.10 Å².